The van der Waals surface area contributed by atoms with E-state index in [2.05, 4.69) is 46.4 Å². The number of benzene rings is 1. The second-order valence-corrected chi connectivity index (χ2v) is 6.29. The van der Waals surface area contributed by atoms with Gasteiger partial charge in [0.15, 0.2) is 5.69 Å². The van der Waals surface area contributed by atoms with Gasteiger partial charge in [-0.15, -0.1) is 0 Å². The van der Waals surface area contributed by atoms with Crippen LogP contribution in [0.25, 0.3) is 0 Å². The molecule has 2 aromatic rings. The molecule has 1 N–H and O–H groups in total. The number of nitrogens with one attached hydrogen (secondary N) is 1. The highest BCUT2D eigenvalue weighted by molar-refractivity contribution is 6.31. The van der Waals surface area contributed by atoms with Crippen LogP contribution in [0.1, 0.15) is 24.1 Å². The Hall–Kier alpha value is -2.25. The minimum atomic E-state index is 0.296. The lowest BCUT2D eigenvalue weighted by Gasteiger charge is -2.33. The fourth-order valence-electron chi connectivity index (χ4n) is 2.91. The summed E-state index contributed by atoms with van der Waals surface area (Å²) in [6.07, 6.45) is 2.08. The summed E-state index contributed by atoms with van der Waals surface area (Å²) in [5, 5.41) is 13.1. The molecule has 0 amide bonds. The van der Waals surface area contributed by atoms with E-state index in [1.165, 1.54) is 11.3 Å². The maximum Gasteiger partial charge on any atom is 0.161 e. The highest BCUT2D eigenvalue weighted by Gasteiger charge is 2.20. The summed E-state index contributed by atoms with van der Waals surface area (Å²) >= 11 is 5.95. The Bertz CT molecular complexity index is 730. The largest absolute Gasteiger partial charge is 0.382 e. The third-order valence-corrected chi connectivity index (χ3v) is 4.45. The molecule has 1 fully saturated rings. The Balaban J connectivity index is 1.61. The summed E-state index contributed by atoms with van der Waals surface area (Å²) in [5.41, 5.74) is 2.74. The Morgan fingerprint density at radius 2 is 2.04 bits per heavy atom. The number of nitriles is 1. The van der Waals surface area contributed by atoms with Crippen molar-refractivity contribution in [3.8, 4) is 6.07 Å². The van der Waals surface area contributed by atoms with Crippen LogP contribution in [0.2, 0.25) is 5.02 Å². The topological polar surface area (TPSA) is 52.0 Å². The van der Waals surface area contributed by atoms with Crippen LogP contribution in [0.3, 0.4) is 0 Å². The number of nitrogens with zero attached hydrogens (tertiary/aromatic N) is 3. The summed E-state index contributed by atoms with van der Waals surface area (Å²) in [7, 11) is 0. The van der Waals surface area contributed by atoms with Gasteiger partial charge >= 0.3 is 0 Å². The van der Waals surface area contributed by atoms with Crippen molar-refractivity contribution >= 4 is 23.1 Å². The van der Waals surface area contributed by atoms with Crippen LogP contribution >= 0.6 is 11.6 Å². The molecule has 1 aliphatic rings. The second-order valence-electron chi connectivity index (χ2n) is 5.89. The number of aromatic nitrogens is 1. The summed E-state index contributed by atoms with van der Waals surface area (Å²) in [5.74, 6) is 0.833. The van der Waals surface area contributed by atoms with Crippen molar-refractivity contribution in [1.29, 1.82) is 5.26 Å². The first-order valence-corrected chi connectivity index (χ1v) is 8.18. The van der Waals surface area contributed by atoms with Gasteiger partial charge in [-0.2, -0.15) is 5.26 Å². The molecule has 1 aromatic heterocycles. The summed E-state index contributed by atoms with van der Waals surface area (Å²) in [6, 6.07) is 14.6. The molecular weight excluding hydrogens is 308 g/mol. The molecule has 0 radical (unpaired) electrons. The van der Waals surface area contributed by atoms with Gasteiger partial charge in [-0.3, -0.25) is 0 Å². The lowest BCUT2D eigenvalue weighted by atomic mass is 10.0. The van der Waals surface area contributed by atoms with Crippen LogP contribution in [0.5, 0.6) is 0 Å². The predicted octanol–water partition coefficient (Wildman–Crippen LogP) is 4.00. The average Bonchev–Trinajstić information content (AvgIpc) is 2.56. The quantitative estimate of drug-likeness (QED) is 0.926. The number of hydrogen-bond acceptors (Lipinski definition) is 4. The van der Waals surface area contributed by atoms with Crippen LogP contribution < -0.4 is 10.2 Å². The number of halogens is 1. The molecule has 4 nitrogen and oxygen atoms in total. The van der Waals surface area contributed by atoms with Crippen molar-refractivity contribution in [3.63, 3.8) is 0 Å². The van der Waals surface area contributed by atoms with E-state index in [1.54, 1.807) is 6.07 Å². The van der Waals surface area contributed by atoms with Crippen molar-refractivity contribution in [2.24, 2.45) is 0 Å². The first-order valence-electron chi connectivity index (χ1n) is 7.80. The van der Waals surface area contributed by atoms with Gasteiger partial charge in [0.05, 0.1) is 5.02 Å². The van der Waals surface area contributed by atoms with Gasteiger partial charge in [0, 0.05) is 24.8 Å². The Morgan fingerprint density at radius 3 is 2.74 bits per heavy atom. The molecule has 118 valence electrons. The number of anilines is 2. The van der Waals surface area contributed by atoms with E-state index < -0.39 is 0 Å². The molecule has 0 aliphatic carbocycles. The van der Waals surface area contributed by atoms with Gasteiger partial charge < -0.3 is 10.2 Å². The third kappa shape index (κ3) is 3.75. The van der Waals surface area contributed by atoms with Crippen LogP contribution in [-0.4, -0.2) is 24.1 Å². The Kier molecular flexibility index (Phi) is 4.68. The van der Waals surface area contributed by atoms with Gasteiger partial charge in [-0.05, 0) is 49.6 Å². The molecule has 3 rings (SSSR count). The normalized spacial score (nSPS) is 15.3. The zero-order valence-electron chi connectivity index (χ0n) is 13.1. The van der Waals surface area contributed by atoms with Gasteiger partial charge in [-0.1, -0.05) is 23.7 Å². The minimum Gasteiger partial charge on any atom is -0.382 e. The molecule has 5 heteroatoms. The molecule has 0 spiro atoms. The van der Waals surface area contributed by atoms with Crippen LogP contribution in [0.15, 0.2) is 36.4 Å². The van der Waals surface area contributed by atoms with Crippen molar-refractivity contribution in [2.45, 2.75) is 25.8 Å². The monoisotopic (exact) mass is 326 g/mol. The van der Waals surface area contributed by atoms with Crippen molar-refractivity contribution in [2.75, 3.05) is 23.3 Å². The number of aryl methyl sites for hydroxylation is 1. The number of rotatable bonds is 3. The maximum absolute atomic E-state index is 9.04. The van der Waals surface area contributed by atoms with E-state index in [4.69, 9.17) is 16.9 Å². The second kappa shape index (κ2) is 6.89. The molecule has 0 saturated carbocycles. The fourth-order valence-corrected chi connectivity index (χ4v) is 3.06. The van der Waals surface area contributed by atoms with Crippen LogP contribution in [0, 0.1) is 18.3 Å². The van der Waals surface area contributed by atoms with Gasteiger partial charge in [0.1, 0.15) is 11.9 Å². The van der Waals surface area contributed by atoms with Crippen LogP contribution in [0.4, 0.5) is 11.5 Å². The summed E-state index contributed by atoms with van der Waals surface area (Å²) < 4.78 is 0. The Labute approximate surface area is 141 Å². The van der Waals surface area contributed by atoms with E-state index >= 15 is 0 Å². The van der Waals surface area contributed by atoms with Gasteiger partial charge in [0.2, 0.25) is 0 Å². The zero-order valence-corrected chi connectivity index (χ0v) is 13.8. The standard InChI is InChI=1S/C18H19ClN4/c1-13-3-2-4-15(11-13)21-14-7-9-23(10-8-14)18-6-5-16(19)17(12-20)22-18/h2-6,11,14,21H,7-10H2,1H3. The first-order chi connectivity index (χ1) is 11.2. The van der Waals surface area contributed by atoms with Crippen molar-refractivity contribution in [1.82, 2.24) is 4.98 Å². The highest BCUT2D eigenvalue weighted by Crippen LogP contribution is 2.23. The molecule has 0 bridgehead atoms. The SMILES string of the molecule is Cc1cccc(NC2CCN(c3ccc(Cl)c(C#N)n3)CC2)c1. The smallest absolute Gasteiger partial charge is 0.161 e. The molecule has 23 heavy (non-hydrogen) atoms. The van der Waals surface area contributed by atoms with Crippen LogP contribution in [-0.2, 0) is 0 Å². The molecule has 0 atom stereocenters. The predicted molar refractivity (Wildman–Crippen MR) is 94.0 cm³/mol. The van der Waals surface area contributed by atoms with E-state index in [1.807, 2.05) is 12.1 Å². The molecule has 1 aromatic carbocycles. The maximum atomic E-state index is 9.04. The third-order valence-electron chi connectivity index (χ3n) is 4.15. The molecule has 1 aliphatic heterocycles. The lowest BCUT2D eigenvalue weighted by Crippen LogP contribution is -2.39. The molecule has 0 unspecified atom stereocenters. The van der Waals surface area contributed by atoms with E-state index in [9.17, 15) is 0 Å². The minimum absolute atomic E-state index is 0.296. The summed E-state index contributed by atoms with van der Waals surface area (Å²) in [4.78, 5) is 6.56. The molecular formula is C18H19ClN4. The average molecular weight is 327 g/mol. The first kappa shape index (κ1) is 15.6. The molecule has 2 heterocycles. The zero-order chi connectivity index (χ0) is 16.2. The van der Waals surface area contributed by atoms with E-state index in [0.717, 1.165) is 31.7 Å². The van der Waals surface area contributed by atoms with Gasteiger partial charge in [-0.25, -0.2) is 4.98 Å². The number of piperidine rings is 1. The summed E-state index contributed by atoms with van der Waals surface area (Å²) in [6.45, 7) is 3.94. The highest BCUT2D eigenvalue weighted by atomic mass is 35.5. The van der Waals surface area contributed by atoms with Crippen molar-refractivity contribution < 1.29 is 0 Å². The Morgan fingerprint density at radius 1 is 1.26 bits per heavy atom. The molecule has 1 saturated heterocycles. The number of hydrogen-bond donors (Lipinski definition) is 1. The fraction of sp³-hybridized carbons (Fsp3) is 0.333. The van der Waals surface area contributed by atoms with Gasteiger partial charge in [0.25, 0.3) is 0 Å². The lowest BCUT2D eigenvalue weighted by molar-refractivity contribution is 0.523. The van der Waals surface area contributed by atoms with Crippen molar-refractivity contribution in [3.05, 3.63) is 52.7 Å². The van der Waals surface area contributed by atoms with E-state index in [-0.39, 0.29) is 0 Å². The number of pyridine rings is 1. The van der Waals surface area contributed by atoms with E-state index in [0.29, 0.717) is 16.8 Å².